The molecule has 138 valence electrons. The molecule has 0 saturated carbocycles. The fourth-order valence-electron chi connectivity index (χ4n) is 3.73. The fraction of sp³-hybridized carbons (Fsp3) is 0.273. The van der Waals surface area contributed by atoms with Crippen molar-refractivity contribution in [2.75, 3.05) is 12.4 Å². The Kier molecular flexibility index (Phi) is 4.54. The number of carbonyl (C=O) groups is 1. The highest BCUT2D eigenvalue weighted by atomic mass is 16.3. The first-order valence-corrected chi connectivity index (χ1v) is 9.16. The van der Waals surface area contributed by atoms with Crippen LogP contribution in [0.1, 0.15) is 35.6 Å². The van der Waals surface area contributed by atoms with Crippen LogP contribution < -0.4 is 5.32 Å². The second-order valence-corrected chi connectivity index (χ2v) is 7.26. The molecular formula is C22H23N3O2. The third-order valence-electron chi connectivity index (χ3n) is 5.17. The summed E-state index contributed by atoms with van der Waals surface area (Å²) in [4.78, 5) is 17.9. The predicted molar refractivity (Wildman–Crippen MR) is 106 cm³/mol. The van der Waals surface area contributed by atoms with Gasteiger partial charge in [-0.15, -0.1) is 0 Å². The number of aryl methyl sites for hydroxylation is 1. The standard InChI is InChI=1S/C22H23N3O2/c1-14-8-18(13-25(2)22(14)27)19-11-20-16(5-6-21(26)24-20)10-17(19)9-15-4-3-7-23-12-15/h3-4,7-8,10-13,22,27H,5-6,9H2,1-2H3,(H,24,26). The molecule has 2 aliphatic heterocycles. The maximum atomic E-state index is 11.8. The summed E-state index contributed by atoms with van der Waals surface area (Å²) in [6.07, 6.45) is 9.08. The van der Waals surface area contributed by atoms with E-state index < -0.39 is 6.23 Å². The van der Waals surface area contributed by atoms with E-state index in [1.165, 1.54) is 11.1 Å². The lowest BCUT2D eigenvalue weighted by molar-refractivity contribution is -0.116. The number of amides is 1. The Morgan fingerprint density at radius 2 is 2.19 bits per heavy atom. The number of fused-ring (bicyclic) bond motifs is 1. The molecule has 0 spiro atoms. The van der Waals surface area contributed by atoms with Gasteiger partial charge in [-0.1, -0.05) is 12.1 Å². The molecule has 27 heavy (non-hydrogen) atoms. The number of aliphatic hydroxyl groups is 1. The first kappa shape index (κ1) is 17.5. The largest absolute Gasteiger partial charge is 0.370 e. The Labute approximate surface area is 159 Å². The van der Waals surface area contributed by atoms with Crippen LogP contribution in [0.25, 0.3) is 5.57 Å². The van der Waals surface area contributed by atoms with Crippen LogP contribution in [0.2, 0.25) is 0 Å². The van der Waals surface area contributed by atoms with Crippen LogP contribution in [-0.2, 0) is 17.6 Å². The molecule has 5 heteroatoms. The van der Waals surface area contributed by atoms with Crippen molar-refractivity contribution in [3.05, 3.63) is 76.8 Å². The maximum Gasteiger partial charge on any atom is 0.224 e. The minimum atomic E-state index is -0.604. The van der Waals surface area contributed by atoms with Gasteiger partial charge in [0.2, 0.25) is 5.91 Å². The van der Waals surface area contributed by atoms with Gasteiger partial charge in [-0.2, -0.15) is 0 Å². The summed E-state index contributed by atoms with van der Waals surface area (Å²) in [7, 11) is 1.86. The van der Waals surface area contributed by atoms with Crippen molar-refractivity contribution in [2.45, 2.75) is 32.4 Å². The van der Waals surface area contributed by atoms with Crippen molar-refractivity contribution in [1.29, 1.82) is 0 Å². The number of rotatable bonds is 3. The predicted octanol–water partition coefficient (Wildman–Crippen LogP) is 3.11. The number of anilines is 1. The number of hydrogen-bond acceptors (Lipinski definition) is 4. The van der Waals surface area contributed by atoms with Gasteiger partial charge < -0.3 is 15.3 Å². The second-order valence-electron chi connectivity index (χ2n) is 7.26. The topological polar surface area (TPSA) is 65.5 Å². The minimum absolute atomic E-state index is 0.0605. The molecule has 0 saturated heterocycles. The number of aliphatic hydroxyl groups excluding tert-OH is 1. The van der Waals surface area contributed by atoms with Gasteiger partial charge in [0.25, 0.3) is 0 Å². The van der Waals surface area contributed by atoms with Gasteiger partial charge >= 0.3 is 0 Å². The lowest BCUT2D eigenvalue weighted by Crippen LogP contribution is -2.30. The summed E-state index contributed by atoms with van der Waals surface area (Å²) in [6.45, 7) is 1.93. The zero-order chi connectivity index (χ0) is 19.0. The molecule has 1 aromatic carbocycles. The molecule has 0 aliphatic carbocycles. The molecule has 0 bridgehead atoms. The van der Waals surface area contributed by atoms with E-state index in [4.69, 9.17) is 0 Å². The number of benzene rings is 1. The van der Waals surface area contributed by atoms with E-state index in [0.717, 1.165) is 40.8 Å². The normalized spacial score (nSPS) is 19.1. The SMILES string of the molecule is CC1=CC(c2cc3c(cc2Cc2cccnc2)CCC(=O)N3)=CN(C)C1O. The Hall–Kier alpha value is -2.92. The molecule has 2 aromatic rings. The van der Waals surface area contributed by atoms with Crippen LogP contribution in [-0.4, -0.2) is 34.2 Å². The van der Waals surface area contributed by atoms with Gasteiger partial charge in [-0.3, -0.25) is 9.78 Å². The van der Waals surface area contributed by atoms with Crippen molar-refractivity contribution in [3.63, 3.8) is 0 Å². The molecule has 1 aromatic heterocycles. The monoisotopic (exact) mass is 361 g/mol. The summed E-state index contributed by atoms with van der Waals surface area (Å²) in [5.41, 5.74) is 7.38. The van der Waals surface area contributed by atoms with Gasteiger partial charge in [0.15, 0.2) is 0 Å². The van der Waals surface area contributed by atoms with Crippen LogP contribution in [0.4, 0.5) is 5.69 Å². The molecule has 2 aliphatic rings. The van der Waals surface area contributed by atoms with Crippen molar-refractivity contribution >= 4 is 17.2 Å². The Morgan fingerprint density at radius 1 is 1.33 bits per heavy atom. The van der Waals surface area contributed by atoms with Crippen LogP contribution in [0, 0.1) is 0 Å². The third-order valence-corrected chi connectivity index (χ3v) is 5.17. The van der Waals surface area contributed by atoms with Crippen LogP contribution in [0.15, 0.2) is 54.5 Å². The lowest BCUT2D eigenvalue weighted by atomic mass is 9.88. The van der Waals surface area contributed by atoms with Gasteiger partial charge in [0.1, 0.15) is 6.23 Å². The first-order chi connectivity index (χ1) is 13.0. The van der Waals surface area contributed by atoms with Crippen LogP contribution >= 0.6 is 0 Å². The highest BCUT2D eigenvalue weighted by Gasteiger charge is 2.22. The van der Waals surface area contributed by atoms with E-state index in [-0.39, 0.29) is 5.91 Å². The Balaban J connectivity index is 1.82. The molecule has 0 radical (unpaired) electrons. The first-order valence-electron chi connectivity index (χ1n) is 9.16. The zero-order valence-corrected chi connectivity index (χ0v) is 15.6. The summed E-state index contributed by atoms with van der Waals surface area (Å²) in [5, 5.41) is 13.2. The summed E-state index contributed by atoms with van der Waals surface area (Å²) in [5.74, 6) is 0.0605. The van der Waals surface area contributed by atoms with Gasteiger partial charge in [-0.25, -0.2) is 0 Å². The number of carbonyl (C=O) groups excluding carboxylic acids is 1. The molecule has 4 rings (SSSR count). The molecule has 1 amide bonds. The molecule has 3 heterocycles. The molecular weight excluding hydrogens is 338 g/mol. The minimum Gasteiger partial charge on any atom is -0.370 e. The zero-order valence-electron chi connectivity index (χ0n) is 15.6. The average Bonchev–Trinajstić information content (AvgIpc) is 2.66. The van der Waals surface area contributed by atoms with Gasteiger partial charge in [0.05, 0.1) is 0 Å². The summed E-state index contributed by atoms with van der Waals surface area (Å²) in [6, 6.07) is 8.29. The molecule has 5 nitrogen and oxygen atoms in total. The Bertz CT molecular complexity index is 948. The smallest absolute Gasteiger partial charge is 0.224 e. The number of likely N-dealkylation sites (N-methyl/N-ethyl adjacent to an activating group) is 1. The molecule has 1 atom stereocenters. The van der Waals surface area contributed by atoms with Crippen molar-refractivity contribution in [1.82, 2.24) is 9.88 Å². The second kappa shape index (κ2) is 7.00. The summed E-state index contributed by atoms with van der Waals surface area (Å²) >= 11 is 0. The fourth-order valence-corrected chi connectivity index (χ4v) is 3.73. The number of nitrogens with one attached hydrogen (secondary N) is 1. The number of nitrogens with zero attached hydrogens (tertiary/aromatic N) is 2. The quantitative estimate of drug-likeness (QED) is 0.882. The highest BCUT2D eigenvalue weighted by Crippen LogP contribution is 2.34. The van der Waals surface area contributed by atoms with Gasteiger partial charge in [0, 0.05) is 37.7 Å². The highest BCUT2D eigenvalue weighted by molar-refractivity contribution is 5.95. The summed E-state index contributed by atoms with van der Waals surface area (Å²) < 4.78 is 0. The molecule has 0 fully saturated rings. The van der Waals surface area contributed by atoms with Crippen LogP contribution in [0.3, 0.4) is 0 Å². The Morgan fingerprint density at radius 3 is 2.93 bits per heavy atom. The van der Waals surface area contributed by atoms with Crippen molar-refractivity contribution < 1.29 is 9.90 Å². The third kappa shape index (κ3) is 3.51. The van der Waals surface area contributed by atoms with E-state index in [2.05, 4.69) is 28.5 Å². The number of hydrogen-bond donors (Lipinski definition) is 2. The maximum absolute atomic E-state index is 11.8. The average molecular weight is 361 g/mol. The van der Waals surface area contributed by atoms with E-state index >= 15 is 0 Å². The van der Waals surface area contributed by atoms with Gasteiger partial charge in [-0.05, 0) is 71.4 Å². The van der Waals surface area contributed by atoms with E-state index in [1.807, 2.05) is 38.5 Å². The van der Waals surface area contributed by atoms with Crippen molar-refractivity contribution in [2.24, 2.45) is 0 Å². The van der Waals surface area contributed by atoms with E-state index in [1.54, 1.807) is 11.1 Å². The lowest BCUT2D eigenvalue weighted by Gasteiger charge is -2.29. The van der Waals surface area contributed by atoms with Crippen LogP contribution in [0.5, 0.6) is 0 Å². The number of aromatic nitrogens is 1. The van der Waals surface area contributed by atoms with E-state index in [0.29, 0.717) is 6.42 Å². The molecule has 1 unspecified atom stereocenters. The number of allylic oxidation sites excluding steroid dienone is 2. The molecule has 2 N–H and O–H groups in total. The van der Waals surface area contributed by atoms with E-state index in [9.17, 15) is 9.90 Å². The van der Waals surface area contributed by atoms with Crippen molar-refractivity contribution in [3.8, 4) is 0 Å². The number of pyridine rings is 1.